The average molecular weight is 311 g/mol. The van der Waals surface area contributed by atoms with Gasteiger partial charge in [0.15, 0.2) is 0 Å². The lowest BCUT2D eigenvalue weighted by molar-refractivity contribution is 0.0566. The Hall–Kier alpha value is -1.14. The minimum Gasteiger partial charge on any atom is -0.491 e. The Morgan fingerprint density at radius 3 is 2.36 bits per heavy atom. The van der Waals surface area contributed by atoms with Crippen molar-refractivity contribution in [3.63, 3.8) is 0 Å². The van der Waals surface area contributed by atoms with E-state index in [2.05, 4.69) is 19.2 Å². The molecule has 5 heteroatoms. The van der Waals surface area contributed by atoms with Crippen molar-refractivity contribution >= 4 is 0 Å². The SMILES string of the molecule is CCC(CO)(CO)NCC(O)COc1ccccc1C(C)C. The van der Waals surface area contributed by atoms with Gasteiger partial charge in [0.05, 0.1) is 18.8 Å². The van der Waals surface area contributed by atoms with Gasteiger partial charge >= 0.3 is 0 Å². The largest absolute Gasteiger partial charge is 0.491 e. The highest BCUT2D eigenvalue weighted by molar-refractivity contribution is 5.35. The quantitative estimate of drug-likeness (QED) is 0.523. The van der Waals surface area contributed by atoms with E-state index in [1.54, 1.807) is 0 Å². The second kappa shape index (κ2) is 9.10. The molecule has 0 spiro atoms. The number of aliphatic hydroxyl groups is 3. The molecule has 5 nitrogen and oxygen atoms in total. The van der Waals surface area contributed by atoms with Crippen LogP contribution in [0.15, 0.2) is 24.3 Å². The van der Waals surface area contributed by atoms with Crippen molar-refractivity contribution in [1.82, 2.24) is 5.32 Å². The molecule has 1 atom stereocenters. The van der Waals surface area contributed by atoms with Crippen molar-refractivity contribution in [3.05, 3.63) is 29.8 Å². The molecule has 0 amide bonds. The fourth-order valence-corrected chi connectivity index (χ4v) is 2.18. The van der Waals surface area contributed by atoms with Crippen molar-refractivity contribution in [1.29, 1.82) is 0 Å². The zero-order valence-electron chi connectivity index (χ0n) is 13.7. The van der Waals surface area contributed by atoms with Crippen LogP contribution in [0.4, 0.5) is 0 Å². The summed E-state index contributed by atoms with van der Waals surface area (Å²) in [6, 6.07) is 7.79. The first-order chi connectivity index (χ1) is 10.5. The maximum atomic E-state index is 10.0. The average Bonchev–Trinajstić information content (AvgIpc) is 2.55. The third-order valence-electron chi connectivity index (χ3n) is 3.97. The number of aliphatic hydroxyl groups excluding tert-OH is 3. The molecular formula is C17H29NO4. The van der Waals surface area contributed by atoms with Crippen LogP contribution >= 0.6 is 0 Å². The van der Waals surface area contributed by atoms with E-state index in [-0.39, 0.29) is 26.4 Å². The van der Waals surface area contributed by atoms with Gasteiger partial charge in [-0.25, -0.2) is 0 Å². The van der Waals surface area contributed by atoms with Crippen LogP contribution in [-0.4, -0.2) is 53.3 Å². The van der Waals surface area contributed by atoms with Crippen LogP contribution in [0.25, 0.3) is 0 Å². The highest BCUT2D eigenvalue weighted by Crippen LogP contribution is 2.25. The molecule has 0 aliphatic rings. The van der Waals surface area contributed by atoms with Crippen LogP contribution in [0.1, 0.15) is 38.7 Å². The molecule has 4 N–H and O–H groups in total. The lowest BCUT2D eigenvalue weighted by Crippen LogP contribution is -2.54. The first-order valence-corrected chi connectivity index (χ1v) is 7.84. The standard InChI is InChI=1S/C17H29NO4/c1-4-17(11-19,12-20)18-9-14(21)10-22-16-8-6-5-7-15(16)13(2)3/h5-8,13-14,18-21H,4,9-12H2,1-3H3. The van der Waals surface area contributed by atoms with Gasteiger partial charge in [0.25, 0.3) is 0 Å². The zero-order valence-corrected chi connectivity index (χ0v) is 13.7. The molecule has 0 saturated heterocycles. The number of ether oxygens (including phenoxy) is 1. The first kappa shape index (κ1) is 18.9. The van der Waals surface area contributed by atoms with E-state index in [0.29, 0.717) is 12.3 Å². The Bertz CT molecular complexity index is 424. The molecular weight excluding hydrogens is 282 g/mol. The smallest absolute Gasteiger partial charge is 0.122 e. The normalized spacial score (nSPS) is 13.4. The highest BCUT2D eigenvalue weighted by atomic mass is 16.5. The molecule has 0 aliphatic carbocycles. The molecule has 0 fully saturated rings. The number of rotatable bonds is 10. The van der Waals surface area contributed by atoms with Crippen molar-refractivity contribution < 1.29 is 20.1 Å². The Morgan fingerprint density at radius 1 is 1.18 bits per heavy atom. The summed E-state index contributed by atoms with van der Waals surface area (Å²) in [5.41, 5.74) is 0.355. The predicted molar refractivity (Wildman–Crippen MR) is 87.2 cm³/mol. The minimum atomic E-state index is -0.753. The van der Waals surface area contributed by atoms with E-state index in [1.807, 2.05) is 31.2 Å². The number of nitrogens with one attached hydrogen (secondary N) is 1. The third-order valence-corrected chi connectivity index (χ3v) is 3.97. The molecule has 126 valence electrons. The Balaban J connectivity index is 2.52. The summed E-state index contributed by atoms with van der Waals surface area (Å²) >= 11 is 0. The topological polar surface area (TPSA) is 82.0 Å². The van der Waals surface area contributed by atoms with Crippen molar-refractivity contribution in [2.75, 3.05) is 26.4 Å². The lowest BCUT2D eigenvalue weighted by Gasteiger charge is -2.31. The molecule has 0 bridgehead atoms. The summed E-state index contributed by atoms with van der Waals surface area (Å²) in [5, 5.41) is 31.8. The summed E-state index contributed by atoms with van der Waals surface area (Å²) in [6.07, 6.45) is -0.145. The van der Waals surface area contributed by atoms with Gasteiger partial charge in [0.2, 0.25) is 0 Å². The third kappa shape index (κ3) is 5.25. The summed E-state index contributed by atoms with van der Waals surface area (Å²) in [4.78, 5) is 0. The molecule has 0 radical (unpaired) electrons. The van der Waals surface area contributed by atoms with E-state index in [1.165, 1.54) is 0 Å². The molecule has 1 aromatic carbocycles. The van der Waals surface area contributed by atoms with Gasteiger partial charge in [0, 0.05) is 6.54 Å². The first-order valence-electron chi connectivity index (χ1n) is 7.84. The summed E-state index contributed by atoms with van der Waals surface area (Å²) < 4.78 is 5.71. The maximum absolute atomic E-state index is 10.0. The zero-order chi connectivity index (χ0) is 16.6. The van der Waals surface area contributed by atoms with E-state index >= 15 is 0 Å². The van der Waals surface area contributed by atoms with Crippen LogP contribution < -0.4 is 10.1 Å². The predicted octanol–water partition coefficient (Wildman–Crippen LogP) is 1.27. The molecule has 1 unspecified atom stereocenters. The number of para-hydroxylation sites is 1. The van der Waals surface area contributed by atoms with E-state index in [4.69, 9.17) is 4.74 Å². The van der Waals surface area contributed by atoms with Crippen LogP contribution in [0, 0.1) is 0 Å². The van der Waals surface area contributed by atoms with Gasteiger partial charge in [-0.3, -0.25) is 0 Å². The van der Waals surface area contributed by atoms with Gasteiger partial charge < -0.3 is 25.4 Å². The van der Waals surface area contributed by atoms with Crippen molar-refractivity contribution in [3.8, 4) is 5.75 Å². The van der Waals surface area contributed by atoms with Crippen LogP contribution in [0.3, 0.4) is 0 Å². The van der Waals surface area contributed by atoms with E-state index < -0.39 is 11.6 Å². The van der Waals surface area contributed by atoms with Gasteiger partial charge in [-0.15, -0.1) is 0 Å². The molecule has 1 rings (SSSR count). The number of hydrogen-bond donors (Lipinski definition) is 4. The van der Waals surface area contributed by atoms with Crippen LogP contribution in [-0.2, 0) is 0 Å². The Morgan fingerprint density at radius 2 is 1.82 bits per heavy atom. The van der Waals surface area contributed by atoms with Crippen LogP contribution in [0.5, 0.6) is 5.75 Å². The fourth-order valence-electron chi connectivity index (χ4n) is 2.18. The van der Waals surface area contributed by atoms with Crippen molar-refractivity contribution in [2.24, 2.45) is 0 Å². The monoisotopic (exact) mass is 311 g/mol. The van der Waals surface area contributed by atoms with Crippen molar-refractivity contribution in [2.45, 2.75) is 44.8 Å². The Labute approximate surface area is 132 Å². The minimum absolute atomic E-state index is 0.160. The summed E-state index contributed by atoms with van der Waals surface area (Å²) in [6.45, 7) is 6.12. The molecule has 0 aliphatic heterocycles. The molecule has 0 aromatic heterocycles. The van der Waals surface area contributed by atoms with Crippen LogP contribution in [0.2, 0.25) is 0 Å². The second-order valence-corrected chi connectivity index (χ2v) is 5.99. The number of benzene rings is 1. The maximum Gasteiger partial charge on any atom is 0.122 e. The number of β-amino-alcohol motifs (C(OH)–C–C–N with tert-alkyl or cyclic N) is 1. The highest BCUT2D eigenvalue weighted by Gasteiger charge is 2.26. The van der Waals surface area contributed by atoms with Gasteiger partial charge in [-0.1, -0.05) is 39.0 Å². The number of hydrogen-bond acceptors (Lipinski definition) is 5. The Kier molecular flexibility index (Phi) is 7.82. The molecule has 0 heterocycles. The van der Waals surface area contributed by atoms with Gasteiger partial charge in [-0.05, 0) is 24.0 Å². The van der Waals surface area contributed by atoms with Gasteiger partial charge in [-0.2, -0.15) is 0 Å². The molecule has 0 saturated carbocycles. The van der Waals surface area contributed by atoms with Gasteiger partial charge in [0.1, 0.15) is 18.5 Å². The van der Waals surface area contributed by atoms with E-state index in [0.717, 1.165) is 11.3 Å². The molecule has 1 aromatic rings. The summed E-state index contributed by atoms with van der Waals surface area (Å²) in [5.74, 6) is 1.13. The molecule has 22 heavy (non-hydrogen) atoms. The fraction of sp³-hybridized carbons (Fsp3) is 0.647. The second-order valence-electron chi connectivity index (χ2n) is 5.99. The van der Waals surface area contributed by atoms with E-state index in [9.17, 15) is 15.3 Å². The lowest BCUT2D eigenvalue weighted by atomic mass is 9.98. The summed E-state index contributed by atoms with van der Waals surface area (Å²) in [7, 11) is 0.